The van der Waals surface area contributed by atoms with Crippen molar-refractivity contribution in [2.75, 3.05) is 20.6 Å². The van der Waals surface area contributed by atoms with E-state index in [-0.39, 0.29) is 11.7 Å². The van der Waals surface area contributed by atoms with Crippen LogP contribution in [0.4, 0.5) is 0 Å². The molecular weight excluding hydrogens is 286 g/mol. The van der Waals surface area contributed by atoms with Crippen LogP contribution in [-0.4, -0.2) is 35.8 Å². The summed E-state index contributed by atoms with van der Waals surface area (Å²) in [4.78, 5) is 2.14. The molecule has 0 aliphatic heterocycles. The molecule has 2 saturated carbocycles. The van der Waals surface area contributed by atoms with Crippen molar-refractivity contribution >= 4 is 11.6 Å². The van der Waals surface area contributed by atoms with Crippen LogP contribution in [0.3, 0.4) is 0 Å². The van der Waals surface area contributed by atoms with Crippen LogP contribution in [0, 0.1) is 17.8 Å². The zero-order valence-electron chi connectivity index (χ0n) is 12.7. The second-order valence-corrected chi connectivity index (χ2v) is 7.51. The molecule has 1 aromatic rings. The molecule has 1 aromatic carbocycles. The van der Waals surface area contributed by atoms with E-state index in [2.05, 4.69) is 4.90 Å². The number of aliphatic hydroxyl groups is 1. The molecule has 0 aromatic heterocycles. The molecule has 0 amide bonds. The van der Waals surface area contributed by atoms with E-state index in [1.54, 1.807) is 18.2 Å². The van der Waals surface area contributed by atoms with Gasteiger partial charge in [-0.2, -0.15) is 0 Å². The van der Waals surface area contributed by atoms with Crippen LogP contribution < -0.4 is 0 Å². The van der Waals surface area contributed by atoms with E-state index < -0.39 is 5.60 Å². The summed E-state index contributed by atoms with van der Waals surface area (Å²) in [5, 5.41) is 21.9. The van der Waals surface area contributed by atoms with Crippen LogP contribution >= 0.6 is 11.6 Å². The third-order valence-corrected chi connectivity index (χ3v) is 5.67. The molecular formula is C17H24ClNO2. The van der Waals surface area contributed by atoms with Crippen molar-refractivity contribution in [3.8, 4) is 5.75 Å². The number of fused-ring (bicyclic) bond motifs is 2. The summed E-state index contributed by atoms with van der Waals surface area (Å²) < 4.78 is 0. The molecule has 2 unspecified atom stereocenters. The number of hydrogen-bond acceptors (Lipinski definition) is 3. The van der Waals surface area contributed by atoms with Gasteiger partial charge in [0.2, 0.25) is 0 Å². The van der Waals surface area contributed by atoms with Crippen LogP contribution in [0.1, 0.15) is 31.2 Å². The first-order valence-corrected chi connectivity index (χ1v) is 8.14. The van der Waals surface area contributed by atoms with Gasteiger partial charge in [-0.05, 0) is 63.4 Å². The Labute approximate surface area is 131 Å². The number of hydrogen-bond donors (Lipinski definition) is 2. The average Bonchev–Trinajstić information content (AvgIpc) is 2.81. The van der Waals surface area contributed by atoms with E-state index in [0.29, 0.717) is 22.4 Å². The molecule has 116 valence electrons. The molecule has 4 heteroatoms. The van der Waals surface area contributed by atoms with Crippen LogP contribution in [0.2, 0.25) is 5.02 Å². The molecule has 2 bridgehead atoms. The maximum Gasteiger partial charge on any atom is 0.116 e. The number of halogens is 1. The highest BCUT2D eigenvalue weighted by atomic mass is 35.5. The van der Waals surface area contributed by atoms with Gasteiger partial charge in [0.05, 0.1) is 5.60 Å². The molecule has 0 heterocycles. The summed E-state index contributed by atoms with van der Waals surface area (Å²) in [7, 11) is 4.09. The minimum atomic E-state index is -0.926. The normalized spacial score (nSPS) is 35.4. The van der Waals surface area contributed by atoms with E-state index >= 15 is 0 Å². The van der Waals surface area contributed by atoms with Crippen LogP contribution in [0.15, 0.2) is 18.2 Å². The summed E-state index contributed by atoms with van der Waals surface area (Å²) in [5.41, 5.74) is -0.225. The number of benzene rings is 1. The van der Waals surface area contributed by atoms with E-state index in [0.717, 1.165) is 13.0 Å². The number of rotatable bonds is 3. The van der Waals surface area contributed by atoms with Gasteiger partial charge in [0.25, 0.3) is 0 Å². The molecule has 2 N–H and O–H groups in total. The largest absolute Gasteiger partial charge is 0.508 e. The lowest BCUT2D eigenvalue weighted by molar-refractivity contribution is -0.0891. The van der Waals surface area contributed by atoms with E-state index in [1.807, 2.05) is 14.1 Å². The highest BCUT2D eigenvalue weighted by Gasteiger charge is 2.52. The zero-order valence-corrected chi connectivity index (χ0v) is 13.5. The fourth-order valence-corrected chi connectivity index (χ4v) is 4.78. The Morgan fingerprint density at radius 1 is 1.33 bits per heavy atom. The minimum Gasteiger partial charge on any atom is -0.508 e. The Balaban J connectivity index is 2.04. The van der Waals surface area contributed by atoms with Crippen molar-refractivity contribution < 1.29 is 10.2 Å². The second-order valence-electron chi connectivity index (χ2n) is 7.10. The fourth-order valence-electron chi connectivity index (χ4n) is 4.49. The predicted octanol–water partition coefficient (Wildman–Crippen LogP) is 3.23. The summed E-state index contributed by atoms with van der Waals surface area (Å²) >= 11 is 6.35. The Bertz CT molecular complexity index is 534. The summed E-state index contributed by atoms with van der Waals surface area (Å²) in [6, 6.07) is 4.91. The average molecular weight is 310 g/mol. The smallest absolute Gasteiger partial charge is 0.116 e. The van der Waals surface area contributed by atoms with Gasteiger partial charge < -0.3 is 15.1 Å². The molecule has 0 radical (unpaired) electrons. The van der Waals surface area contributed by atoms with Crippen LogP contribution in [0.5, 0.6) is 5.75 Å². The molecule has 3 rings (SSSR count). The lowest BCUT2D eigenvalue weighted by atomic mass is 9.66. The monoisotopic (exact) mass is 309 g/mol. The van der Waals surface area contributed by atoms with Gasteiger partial charge in [-0.25, -0.2) is 0 Å². The third kappa shape index (κ3) is 2.67. The highest BCUT2D eigenvalue weighted by Crippen LogP contribution is 2.55. The number of phenols is 1. The van der Waals surface area contributed by atoms with Gasteiger partial charge in [-0.3, -0.25) is 0 Å². The first-order chi connectivity index (χ1) is 9.90. The summed E-state index contributed by atoms with van der Waals surface area (Å²) in [6.45, 7) is 0.847. The van der Waals surface area contributed by atoms with Gasteiger partial charge in [-0.1, -0.05) is 18.0 Å². The van der Waals surface area contributed by atoms with Crippen LogP contribution in [-0.2, 0) is 5.60 Å². The molecule has 21 heavy (non-hydrogen) atoms. The number of aromatic hydroxyl groups is 1. The van der Waals surface area contributed by atoms with Gasteiger partial charge in [0, 0.05) is 23.0 Å². The van der Waals surface area contributed by atoms with Crippen molar-refractivity contribution in [2.45, 2.75) is 31.3 Å². The first-order valence-electron chi connectivity index (χ1n) is 7.76. The molecule has 2 aliphatic rings. The van der Waals surface area contributed by atoms with Gasteiger partial charge in [0.15, 0.2) is 0 Å². The lowest BCUT2D eigenvalue weighted by Gasteiger charge is -2.45. The van der Waals surface area contributed by atoms with Crippen LogP contribution in [0.25, 0.3) is 0 Å². The highest BCUT2D eigenvalue weighted by molar-refractivity contribution is 6.31. The number of phenolic OH excluding ortho intramolecular Hbond substituents is 1. The third-order valence-electron chi connectivity index (χ3n) is 5.34. The molecule has 3 nitrogen and oxygen atoms in total. The minimum absolute atomic E-state index is 0.171. The molecule has 4 atom stereocenters. The molecule has 0 spiro atoms. The predicted molar refractivity (Wildman–Crippen MR) is 84.5 cm³/mol. The SMILES string of the molecule is CN(C)C[C@H]1C2CCC(C2)C[C@]1(O)c1cc(O)ccc1Cl. The van der Waals surface area contributed by atoms with E-state index in [9.17, 15) is 10.2 Å². The Morgan fingerprint density at radius 3 is 2.81 bits per heavy atom. The zero-order chi connectivity index (χ0) is 15.2. The quantitative estimate of drug-likeness (QED) is 0.901. The van der Waals surface area contributed by atoms with Crippen molar-refractivity contribution in [3.63, 3.8) is 0 Å². The summed E-state index contributed by atoms with van der Waals surface area (Å²) in [5.74, 6) is 1.47. The standard InChI is InChI=1S/C17H24ClNO2/c1-19(2)10-15-12-4-3-11(7-12)9-17(15,21)14-8-13(20)5-6-16(14)18/h5-6,8,11-12,15,20-21H,3-4,7,9-10H2,1-2H3/t11?,12?,15-,17-/m0/s1. The Kier molecular flexibility index (Phi) is 3.93. The van der Waals surface area contributed by atoms with Gasteiger partial charge in [0.1, 0.15) is 5.75 Å². The Morgan fingerprint density at radius 2 is 2.10 bits per heavy atom. The molecule has 2 fully saturated rings. The number of nitrogens with zero attached hydrogens (tertiary/aromatic N) is 1. The second kappa shape index (κ2) is 5.45. The van der Waals surface area contributed by atoms with Gasteiger partial charge >= 0.3 is 0 Å². The van der Waals surface area contributed by atoms with Crippen molar-refractivity contribution in [3.05, 3.63) is 28.8 Å². The fraction of sp³-hybridized carbons (Fsp3) is 0.647. The van der Waals surface area contributed by atoms with E-state index in [1.165, 1.54) is 19.3 Å². The van der Waals surface area contributed by atoms with Crippen molar-refractivity contribution in [2.24, 2.45) is 17.8 Å². The first kappa shape index (κ1) is 15.1. The Hall–Kier alpha value is -0.770. The van der Waals surface area contributed by atoms with Crippen molar-refractivity contribution in [1.82, 2.24) is 4.90 Å². The maximum atomic E-state index is 11.5. The van der Waals surface area contributed by atoms with Crippen molar-refractivity contribution in [1.29, 1.82) is 0 Å². The summed E-state index contributed by atoms with van der Waals surface area (Å²) in [6.07, 6.45) is 4.37. The molecule has 2 aliphatic carbocycles. The van der Waals surface area contributed by atoms with Gasteiger partial charge in [-0.15, -0.1) is 0 Å². The van der Waals surface area contributed by atoms with E-state index in [4.69, 9.17) is 11.6 Å². The molecule has 0 saturated heterocycles. The maximum absolute atomic E-state index is 11.5. The lowest BCUT2D eigenvalue weighted by Crippen LogP contribution is -2.47. The topological polar surface area (TPSA) is 43.7 Å².